The number of rotatable bonds is 2. The molecule has 2 aliphatic rings. The third kappa shape index (κ3) is 2.87. The summed E-state index contributed by atoms with van der Waals surface area (Å²) in [6.45, 7) is 7.95. The van der Waals surface area contributed by atoms with Crippen LogP contribution in [0, 0.1) is 0 Å². The molecule has 0 spiro atoms. The lowest BCUT2D eigenvalue weighted by Crippen LogP contribution is -2.47. The van der Waals surface area contributed by atoms with E-state index in [1.54, 1.807) is 25.7 Å². The molecular weight excluding hydrogens is 262 g/mol. The first-order chi connectivity index (χ1) is 9.19. The molecule has 0 radical (unpaired) electrons. The third-order valence-electron chi connectivity index (χ3n) is 3.34. The molecule has 112 valence electrons. The molecule has 2 N–H and O–H groups in total. The number of amides is 3. The Morgan fingerprint density at radius 2 is 2.20 bits per heavy atom. The number of nitrogens with one attached hydrogen (secondary N) is 1. The van der Waals surface area contributed by atoms with Gasteiger partial charge in [0.2, 0.25) is 0 Å². The van der Waals surface area contributed by atoms with E-state index in [2.05, 4.69) is 5.32 Å². The second kappa shape index (κ2) is 4.97. The Balaban J connectivity index is 1.97. The number of carbonyl (C=O) groups is 2. The van der Waals surface area contributed by atoms with Crippen LogP contribution >= 0.6 is 0 Å². The maximum Gasteiger partial charge on any atom is 0.407 e. The lowest BCUT2D eigenvalue weighted by atomic mass is 10.0. The maximum absolute atomic E-state index is 11.8. The van der Waals surface area contributed by atoms with E-state index in [9.17, 15) is 14.8 Å². The molecule has 7 nitrogen and oxygen atoms in total. The molecule has 1 fully saturated rings. The lowest BCUT2D eigenvalue weighted by Gasteiger charge is -2.30. The van der Waals surface area contributed by atoms with Crippen molar-refractivity contribution in [3.63, 3.8) is 0 Å². The summed E-state index contributed by atoms with van der Waals surface area (Å²) in [7, 11) is 0. The summed E-state index contributed by atoms with van der Waals surface area (Å²) in [6.07, 6.45) is 1.34. The Labute approximate surface area is 118 Å². The van der Waals surface area contributed by atoms with E-state index in [1.807, 2.05) is 13.0 Å². The van der Waals surface area contributed by atoms with E-state index in [0.29, 0.717) is 6.54 Å². The Morgan fingerprint density at radius 1 is 1.55 bits per heavy atom. The predicted octanol–water partition coefficient (Wildman–Crippen LogP) is 1.33. The van der Waals surface area contributed by atoms with Crippen molar-refractivity contribution in [2.24, 2.45) is 0 Å². The first-order valence-electron chi connectivity index (χ1n) is 6.63. The molecule has 2 rings (SSSR count). The topological polar surface area (TPSA) is 82.1 Å². The largest absolute Gasteiger partial charge is 0.444 e. The average molecular weight is 283 g/mol. The van der Waals surface area contributed by atoms with Crippen molar-refractivity contribution >= 4 is 12.1 Å². The highest BCUT2D eigenvalue weighted by molar-refractivity contribution is 5.78. The highest BCUT2D eigenvalue weighted by Crippen LogP contribution is 2.27. The quantitative estimate of drug-likeness (QED) is 0.592. The second-order valence-electron chi connectivity index (χ2n) is 6.16. The zero-order chi connectivity index (χ0) is 15.1. The number of carbonyl (C=O) groups excluding carboxylic acids is 2. The van der Waals surface area contributed by atoms with Gasteiger partial charge in [-0.15, -0.1) is 0 Å². The molecule has 0 aromatic rings. The van der Waals surface area contributed by atoms with Crippen LogP contribution in [0.25, 0.3) is 0 Å². The fourth-order valence-corrected chi connectivity index (χ4v) is 2.44. The Morgan fingerprint density at radius 3 is 2.80 bits per heavy atom. The van der Waals surface area contributed by atoms with Crippen LogP contribution < -0.4 is 5.32 Å². The zero-order valence-electron chi connectivity index (χ0n) is 12.2. The Bertz CT molecular complexity index is 455. The summed E-state index contributed by atoms with van der Waals surface area (Å²) < 4.78 is 5.16. The zero-order valence-corrected chi connectivity index (χ0v) is 12.2. The van der Waals surface area contributed by atoms with Crippen molar-refractivity contribution in [3.05, 3.63) is 11.6 Å². The molecule has 0 aliphatic carbocycles. The summed E-state index contributed by atoms with van der Waals surface area (Å²) in [5.41, 5.74) is 0.389. The van der Waals surface area contributed by atoms with Crippen LogP contribution in [0.2, 0.25) is 0 Å². The molecular formula is C13H21N3O4. The van der Waals surface area contributed by atoms with Crippen molar-refractivity contribution in [1.82, 2.24) is 15.3 Å². The molecule has 2 aliphatic heterocycles. The summed E-state index contributed by atoms with van der Waals surface area (Å²) in [4.78, 5) is 25.0. The minimum absolute atomic E-state index is 0.247. The van der Waals surface area contributed by atoms with Gasteiger partial charge in [0.15, 0.2) is 0 Å². The van der Waals surface area contributed by atoms with E-state index < -0.39 is 17.7 Å². The summed E-state index contributed by atoms with van der Waals surface area (Å²) in [5, 5.41) is 13.0. The van der Waals surface area contributed by atoms with Crippen molar-refractivity contribution in [2.75, 3.05) is 13.1 Å². The summed E-state index contributed by atoms with van der Waals surface area (Å²) >= 11 is 0. The Hall–Kier alpha value is -1.76. The van der Waals surface area contributed by atoms with Gasteiger partial charge in [0.05, 0.1) is 12.1 Å². The van der Waals surface area contributed by atoms with Gasteiger partial charge in [-0.05, 0) is 27.7 Å². The number of hydrogen-bond acceptors (Lipinski definition) is 4. The van der Waals surface area contributed by atoms with Crippen LogP contribution in [-0.2, 0) is 4.74 Å². The molecule has 3 amide bonds. The SMILES string of the molecule is CC1=C[C@@H]2CN(C(=O)N2O)[C@@H]1CNC(=O)OC(C)(C)C. The van der Waals surface area contributed by atoms with Crippen molar-refractivity contribution < 1.29 is 19.5 Å². The van der Waals surface area contributed by atoms with Gasteiger partial charge in [0.25, 0.3) is 0 Å². The first-order valence-corrected chi connectivity index (χ1v) is 6.63. The minimum Gasteiger partial charge on any atom is -0.444 e. The molecule has 0 unspecified atom stereocenters. The number of alkyl carbamates (subject to hydrolysis) is 1. The van der Waals surface area contributed by atoms with Crippen LogP contribution in [-0.4, -0.2) is 58.1 Å². The lowest BCUT2D eigenvalue weighted by molar-refractivity contribution is -0.0452. The van der Waals surface area contributed by atoms with Gasteiger partial charge in [0.1, 0.15) is 5.60 Å². The number of ether oxygens (including phenoxy) is 1. The first kappa shape index (κ1) is 14.6. The maximum atomic E-state index is 11.8. The van der Waals surface area contributed by atoms with Gasteiger partial charge >= 0.3 is 12.1 Å². The molecule has 20 heavy (non-hydrogen) atoms. The average Bonchev–Trinajstić information content (AvgIpc) is 2.52. The minimum atomic E-state index is -0.558. The third-order valence-corrected chi connectivity index (χ3v) is 3.34. The number of hydrogen-bond donors (Lipinski definition) is 2. The van der Waals surface area contributed by atoms with Gasteiger partial charge in [-0.25, -0.2) is 9.59 Å². The van der Waals surface area contributed by atoms with Crippen molar-refractivity contribution in [3.8, 4) is 0 Å². The normalized spacial score (nSPS) is 25.6. The van der Waals surface area contributed by atoms with E-state index in [4.69, 9.17) is 4.74 Å². The highest BCUT2D eigenvalue weighted by atomic mass is 16.6. The fraction of sp³-hybridized carbons (Fsp3) is 0.692. The molecule has 2 bridgehead atoms. The Kier molecular flexibility index (Phi) is 3.64. The predicted molar refractivity (Wildman–Crippen MR) is 71.3 cm³/mol. The smallest absolute Gasteiger partial charge is 0.407 e. The van der Waals surface area contributed by atoms with E-state index in [1.165, 1.54) is 0 Å². The van der Waals surface area contributed by atoms with Crippen LogP contribution in [0.15, 0.2) is 11.6 Å². The van der Waals surface area contributed by atoms with Gasteiger partial charge in [0, 0.05) is 13.1 Å². The number of urea groups is 1. The van der Waals surface area contributed by atoms with E-state index >= 15 is 0 Å². The van der Waals surface area contributed by atoms with Crippen molar-refractivity contribution in [2.45, 2.75) is 45.4 Å². The summed E-state index contributed by atoms with van der Waals surface area (Å²) in [5.74, 6) is 0. The molecule has 2 atom stereocenters. The number of fused-ring (bicyclic) bond motifs is 2. The molecule has 1 saturated heterocycles. The van der Waals surface area contributed by atoms with Crippen molar-refractivity contribution in [1.29, 1.82) is 0 Å². The molecule has 7 heteroatoms. The molecule has 0 aromatic carbocycles. The highest BCUT2D eigenvalue weighted by Gasteiger charge is 2.43. The van der Waals surface area contributed by atoms with E-state index in [0.717, 1.165) is 10.6 Å². The molecule has 0 aromatic heterocycles. The number of nitrogens with zero attached hydrogens (tertiary/aromatic N) is 2. The van der Waals surface area contributed by atoms with Gasteiger partial charge in [-0.2, -0.15) is 5.06 Å². The van der Waals surface area contributed by atoms with Crippen LogP contribution in [0.4, 0.5) is 9.59 Å². The van der Waals surface area contributed by atoms with Gasteiger partial charge in [-0.1, -0.05) is 11.6 Å². The second-order valence-corrected chi connectivity index (χ2v) is 6.16. The standard InChI is InChI=1S/C13H21N3O4/c1-8-5-9-7-15(12(18)16(9)19)10(8)6-14-11(17)20-13(2,3)4/h5,9-10,19H,6-7H2,1-4H3,(H,14,17)/t9-,10-/m1/s1. The van der Waals surface area contributed by atoms with Crippen LogP contribution in [0.3, 0.4) is 0 Å². The fourth-order valence-electron chi connectivity index (χ4n) is 2.44. The van der Waals surface area contributed by atoms with Gasteiger partial charge < -0.3 is 15.0 Å². The molecule has 0 saturated carbocycles. The monoisotopic (exact) mass is 283 g/mol. The van der Waals surface area contributed by atoms with Crippen LogP contribution in [0.1, 0.15) is 27.7 Å². The van der Waals surface area contributed by atoms with E-state index in [-0.39, 0.29) is 18.6 Å². The molecule has 2 heterocycles. The van der Waals surface area contributed by atoms with Crippen LogP contribution in [0.5, 0.6) is 0 Å². The summed E-state index contributed by atoms with van der Waals surface area (Å²) in [6, 6.07) is -0.970. The number of hydroxylamine groups is 2. The van der Waals surface area contributed by atoms with Gasteiger partial charge in [-0.3, -0.25) is 5.21 Å².